The molecule has 1 amide bonds. The number of pyridine rings is 1. The molecule has 2 N–H and O–H groups in total. The van der Waals surface area contributed by atoms with E-state index in [-0.39, 0.29) is 11.5 Å². The van der Waals surface area contributed by atoms with E-state index in [1.165, 1.54) is 17.8 Å². The minimum absolute atomic E-state index is 0.0624. The first-order valence-electron chi connectivity index (χ1n) is 6.41. The zero-order chi connectivity index (χ0) is 14.1. The summed E-state index contributed by atoms with van der Waals surface area (Å²) in [5.74, 6) is -0.895. The van der Waals surface area contributed by atoms with Crippen molar-refractivity contribution in [1.29, 1.82) is 0 Å². The average Bonchev–Trinajstić information content (AvgIpc) is 2.46. The summed E-state index contributed by atoms with van der Waals surface area (Å²) >= 11 is 0. The van der Waals surface area contributed by atoms with E-state index in [1.807, 2.05) is 18.2 Å². The second-order valence-electron chi connectivity index (χ2n) is 4.86. The molecule has 0 unspecified atom stereocenters. The van der Waals surface area contributed by atoms with Gasteiger partial charge in [-0.1, -0.05) is 6.07 Å². The van der Waals surface area contributed by atoms with Gasteiger partial charge in [0.1, 0.15) is 0 Å². The lowest BCUT2D eigenvalue weighted by Crippen LogP contribution is -2.36. The molecule has 0 fully saturated rings. The van der Waals surface area contributed by atoms with Crippen LogP contribution in [0.15, 0.2) is 36.7 Å². The number of anilines is 1. The van der Waals surface area contributed by atoms with Crippen LogP contribution in [0.5, 0.6) is 0 Å². The molecule has 1 aromatic heterocycles. The highest BCUT2D eigenvalue weighted by Crippen LogP contribution is 2.23. The Hall–Kier alpha value is -2.43. The Labute approximate surface area is 116 Å². The minimum atomic E-state index is -0.587. The maximum atomic E-state index is 13.6. The van der Waals surface area contributed by atoms with Crippen molar-refractivity contribution in [3.05, 3.63) is 59.2 Å². The number of nitrogen functional groups attached to an aromatic ring is 1. The highest BCUT2D eigenvalue weighted by molar-refractivity contribution is 5.94. The Kier molecular flexibility index (Phi) is 3.10. The Bertz CT molecular complexity index is 672. The van der Waals surface area contributed by atoms with Crippen LogP contribution in [0.1, 0.15) is 21.5 Å². The first kappa shape index (κ1) is 12.6. The molecule has 1 aliphatic heterocycles. The van der Waals surface area contributed by atoms with Gasteiger partial charge in [0, 0.05) is 25.0 Å². The van der Waals surface area contributed by atoms with Crippen molar-refractivity contribution >= 4 is 11.6 Å². The summed E-state index contributed by atoms with van der Waals surface area (Å²) in [4.78, 5) is 17.6. The van der Waals surface area contributed by atoms with Crippen molar-refractivity contribution in [3.8, 4) is 0 Å². The molecule has 3 rings (SSSR count). The second kappa shape index (κ2) is 4.92. The Morgan fingerprint density at radius 3 is 2.95 bits per heavy atom. The second-order valence-corrected chi connectivity index (χ2v) is 4.86. The van der Waals surface area contributed by atoms with E-state index in [2.05, 4.69) is 4.98 Å². The van der Waals surface area contributed by atoms with E-state index in [4.69, 9.17) is 5.73 Å². The van der Waals surface area contributed by atoms with Gasteiger partial charge in [-0.15, -0.1) is 0 Å². The quantitative estimate of drug-likeness (QED) is 0.807. The molecule has 0 saturated heterocycles. The number of nitrogens with two attached hydrogens (primary N) is 1. The summed E-state index contributed by atoms with van der Waals surface area (Å²) in [6.07, 6.45) is 3.24. The third-order valence-corrected chi connectivity index (χ3v) is 3.53. The molecule has 0 radical (unpaired) electrons. The fourth-order valence-electron chi connectivity index (χ4n) is 2.47. The van der Waals surface area contributed by atoms with Crippen molar-refractivity contribution in [2.45, 2.75) is 13.0 Å². The lowest BCUT2D eigenvalue weighted by Gasteiger charge is -2.29. The lowest BCUT2D eigenvalue weighted by molar-refractivity contribution is 0.0730. The van der Waals surface area contributed by atoms with E-state index in [0.717, 1.165) is 18.2 Å². The average molecular weight is 271 g/mol. The van der Waals surface area contributed by atoms with Gasteiger partial charge in [0.2, 0.25) is 0 Å². The molecule has 0 spiro atoms. The molecule has 0 atom stereocenters. The van der Waals surface area contributed by atoms with Crippen LogP contribution in [0.25, 0.3) is 0 Å². The van der Waals surface area contributed by atoms with Crippen LogP contribution in [0.2, 0.25) is 0 Å². The number of carbonyl (C=O) groups is 1. The maximum Gasteiger partial charge on any atom is 0.257 e. The summed E-state index contributed by atoms with van der Waals surface area (Å²) < 4.78 is 13.6. The van der Waals surface area contributed by atoms with Gasteiger partial charge in [-0.05, 0) is 35.7 Å². The van der Waals surface area contributed by atoms with Crippen molar-refractivity contribution < 1.29 is 9.18 Å². The molecule has 0 saturated carbocycles. The number of hydrogen-bond donors (Lipinski definition) is 1. The number of rotatable bonds is 1. The molecule has 0 aliphatic carbocycles. The monoisotopic (exact) mass is 271 g/mol. The number of carbonyl (C=O) groups excluding carboxylic acids is 1. The van der Waals surface area contributed by atoms with Crippen LogP contribution in [0, 0.1) is 5.82 Å². The molecule has 5 heteroatoms. The van der Waals surface area contributed by atoms with Crippen LogP contribution in [0.3, 0.4) is 0 Å². The van der Waals surface area contributed by atoms with Gasteiger partial charge in [-0.2, -0.15) is 0 Å². The fourth-order valence-corrected chi connectivity index (χ4v) is 2.47. The Balaban J connectivity index is 1.87. The predicted molar refractivity (Wildman–Crippen MR) is 73.5 cm³/mol. The summed E-state index contributed by atoms with van der Waals surface area (Å²) in [7, 11) is 0. The maximum absolute atomic E-state index is 13.6. The number of hydrogen-bond acceptors (Lipinski definition) is 3. The number of halogens is 1. The Morgan fingerprint density at radius 1 is 1.30 bits per heavy atom. The number of benzene rings is 1. The molecule has 20 heavy (non-hydrogen) atoms. The normalized spacial score (nSPS) is 13.9. The fraction of sp³-hybridized carbons (Fsp3) is 0.200. The summed E-state index contributed by atoms with van der Waals surface area (Å²) in [5, 5.41) is 0. The predicted octanol–water partition coefficient (Wildman–Crippen LogP) is 2.00. The smallest absolute Gasteiger partial charge is 0.257 e. The highest BCUT2D eigenvalue weighted by Gasteiger charge is 2.23. The lowest BCUT2D eigenvalue weighted by atomic mass is 9.98. The van der Waals surface area contributed by atoms with Crippen molar-refractivity contribution in [2.75, 3.05) is 12.3 Å². The Morgan fingerprint density at radius 2 is 2.15 bits per heavy atom. The molecule has 1 aromatic carbocycles. The van der Waals surface area contributed by atoms with Crippen molar-refractivity contribution in [1.82, 2.24) is 9.88 Å². The topological polar surface area (TPSA) is 59.2 Å². The van der Waals surface area contributed by atoms with Crippen molar-refractivity contribution in [3.63, 3.8) is 0 Å². The van der Waals surface area contributed by atoms with Gasteiger partial charge >= 0.3 is 0 Å². The highest BCUT2D eigenvalue weighted by atomic mass is 19.1. The third-order valence-electron chi connectivity index (χ3n) is 3.53. The number of fused-ring (bicyclic) bond motifs is 1. The summed E-state index contributed by atoms with van der Waals surface area (Å²) in [5.41, 5.74) is 8.72. The SMILES string of the molecule is Nc1ccc2c(c1)CN(C(=O)c1ccncc1F)CC2. The van der Waals surface area contributed by atoms with Gasteiger partial charge in [-0.3, -0.25) is 9.78 Å². The molecule has 4 nitrogen and oxygen atoms in total. The molecular weight excluding hydrogens is 257 g/mol. The summed E-state index contributed by atoms with van der Waals surface area (Å²) in [6.45, 7) is 1.04. The van der Waals surface area contributed by atoms with Gasteiger partial charge in [0.25, 0.3) is 5.91 Å². The zero-order valence-electron chi connectivity index (χ0n) is 10.8. The largest absolute Gasteiger partial charge is 0.399 e. The number of aromatic nitrogens is 1. The molecule has 2 heterocycles. The van der Waals surface area contributed by atoms with Gasteiger partial charge < -0.3 is 10.6 Å². The van der Waals surface area contributed by atoms with Crippen LogP contribution < -0.4 is 5.73 Å². The van der Waals surface area contributed by atoms with Crippen LogP contribution >= 0.6 is 0 Å². The molecule has 0 bridgehead atoms. The van der Waals surface area contributed by atoms with Crippen molar-refractivity contribution in [2.24, 2.45) is 0 Å². The molecular formula is C15H14FN3O. The number of nitrogens with zero attached hydrogens (tertiary/aromatic N) is 2. The van der Waals surface area contributed by atoms with E-state index in [1.54, 1.807) is 4.90 Å². The minimum Gasteiger partial charge on any atom is -0.399 e. The third kappa shape index (κ3) is 2.22. The van der Waals surface area contributed by atoms with Gasteiger partial charge in [-0.25, -0.2) is 4.39 Å². The van der Waals surface area contributed by atoms with Crippen LogP contribution in [-0.2, 0) is 13.0 Å². The standard InChI is InChI=1S/C15H14FN3O/c16-14-8-18-5-3-13(14)15(20)19-6-4-10-1-2-12(17)7-11(10)9-19/h1-3,5,7-8H,4,6,9,17H2. The van der Waals surface area contributed by atoms with Crippen LogP contribution in [0.4, 0.5) is 10.1 Å². The molecule has 1 aliphatic rings. The molecule has 2 aromatic rings. The van der Waals surface area contributed by atoms with Crippen LogP contribution in [-0.4, -0.2) is 22.3 Å². The van der Waals surface area contributed by atoms with Gasteiger partial charge in [0.05, 0.1) is 11.8 Å². The first-order chi connectivity index (χ1) is 9.65. The van der Waals surface area contributed by atoms with E-state index < -0.39 is 5.82 Å². The van der Waals surface area contributed by atoms with Gasteiger partial charge in [0.15, 0.2) is 5.82 Å². The first-order valence-corrected chi connectivity index (χ1v) is 6.41. The molecule has 102 valence electrons. The number of amides is 1. The zero-order valence-corrected chi connectivity index (χ0v) is 10.8. The van der Waals surface area contributed by atoms with E-state index in [9.17, 15) is 9.18 Å². The van der Waals surface area contributed by atoms with E-state index >= 15 is 0 Å². The van der Waals surface area contributed by atoms with E-state index in [0.29, 0.717) is 18.8 Å². The summed E-state index contributed by atoms with van der Waals surface area (Å²) in [6, 6.07) is 7.13.